The predicted molar refractivity (Wildman–Crippen MR) is 557 cm³/mol. The van der Waals surface area contributed by atoms with Crippen molar-refractivity contribution in [1.29, 1.82) is 0 Å². The summed E-state index contributed by atoms with van der Waals surface area (Å²) >= 11 is 24.7. The Morgan fingerprint density at radius 3 is 1.24 bits per heavy atom. The molecule has 3 saturated carbocycles. The molecule has 131 heavy (non-hydrogen) atoms. The Balaban J connectivity index is -0.000000266. The van der Waals surface area contributed by atoms with E-state index in [-0.39, 0.29) is 119 Å². The van der Waals surface area contributed by atoms with Crippen LogP contribution in [0.25, 0.3) is 0 Å². The Morgan fingerprint density at radius 1 is 0.557 bits per heavy atom. The van der Waals surface area contributed by atoms with E-state index in [0.29, 0.717) is 56.6 Å². The molecule has 26 nitrogen and oxygen atoms in total. The maximum Gasteiger partial charge on any atom is 1.00 e. The molecule has 3 radical (unpaired) electrons. The number of hydrogen-bond acceptors (Lipinski definition) is 23. The quantitative estimate of drug-likeness (QED) is 0.00986. The summed E-state index contributed by atoms with van der Waals surface area (Å²) in [5, 5.41) is 21.3. The molecule has 6 aromatic heterocycles. The third-order valence-electron chi connectivity index (χ3n) is 16.8. The topological polar surface area (TPSA) is 357 Å². The molecule has 0 spiro atoms. The summed E-state index contributed by atoms with van der Waals surface area (Å²) < 4.78 is 29.9. The van der Waals surface area contributed by atoms with Gasteiger partial charge in [-0.25, -0.2) is 14.4 Å². The van der Waals surface area contributed by atoms with Gasteiger partial charge in [0.2, 0.25) is 0 Å². The van der Waals surface area contributed by atoms with E-state index in [2.05, 4.69) is 194 Å². The first kappa shape index (κ1) is 137. The van der Waals surface area contributed by atoms with Crippen LogP contribution in [0.3, 0.4) is 0 Å². The second-order valence-electron chi connectivity index (χ2n) is 30.6. The van der Waals surface area contributed by atoms with Gasteiger partial charge in [0.25, 0.3) is 23.6 Å². The minimum Gasteiger partial charge on any atom is 1.00 e. The van der Waals surface area contributed by atoms with Gasteiger partial charge in [0.1, 0.15) is 28.8 Å². The molecule has 3 aliphatic carbocycles. The van der Waals surface area contributed by atoms with Crippen LogP contribution in [0.5, 0.6) is 5.75 Å². The van der Waals surface area contributed by atoms with Crippen LogP contribution in [0, 0.1) is 24.7 Å². The number of aldehydes is 1. The number of halogens is 8. The average Bonchev–Trinajstić information content (AvgIpc) is 1.63. The van der Waals surface area contributed by atoms with E-state index in [1.54, 1.807) is 159 Å². The molecule has 2 aromatic carbocycles. The molecule has 722 valence electrons. The molecule has 8 aromatic rings. The van der Waals surface area contributed by atoms with Crippen molar-refractivity contribution in [2.24, 2.45) is 23.5 Å². The number of nitrogens with two attached hydrogens (primary N) is 1. The van der Waals surface area contributed by atoms with Crippen LogP contribution in [0.2, 0.25) is 0 Å². The van der Waals surface area contributed by atoms with Crippen molar-refractivity contribution < 1.29 is 113 Å². The molecular formula is C94H135BBr6I2N11NaO15V-. The minimum absolute atomic E-state index is 0. The zero-order valence-electron chi connectivity index (χ0n) is 74.6. The Labute approximate surface area is 884 Å². The van der Waals surface area contributed by atoms with Crippen LogP contribution >= 0.6 is 136 Å². The van der Waals surface area contributed by atoms with Gasteiger partial charge >= 0.3 is 97.4 Å². The van der Waals surface area contributed by atoms with E-state index in [1.165, 1.54) is 74.7 Å². The fourth-order valence-corrected chi connectivity index (χ4v) is 13.9. The van der Waals surface area contributed by atoms with Crippen LogP contribution in [0.1, 0.15) is 261 Å². The number of pyridine rings is 6. The van der Waals surface area contributed by atoms with E-state index in [9.17, 15) is 38.4 Å². The second kappa shape index (κ2) is 76.9. The molecule has 13 rings (SSSR count). The number of benzene rings is 2. The fraction of sp³-hybridized carbons (Fsp3) is 0.457. The van der Waals surface area contributed by atoms with Crippen molar-refractivity contribution in [2.45, 2.75) is 239 Å². The summed E-state index contributed by atoms with van der Waals surface area (Å²) in [6.07, 6.45) is 35.9. The normalized spacial score (nSPS) is 12.7. The maximum atomic E-state index is 12.5. The van der Waals surface area contributed by atoms with Crippen molar-refractivity contribution in [3.63, 3.8) is 0 Å². The van der Waals surface area contributed by atoms with Crippen LogP contribution in [0.15, 0.2) is 186 Å². The summed E-state index contributed by atoms with van der Waals surface area (Å²) in [4.78, 5) is 118. The average molecular weight is 2480 g/mol. The Kier molecular flexibility index (Phi) is 80.2. The molecule has 2 aliphatic heterocycles. The Hall–Kier alpha value is -5.07. The number of carbonyl (C=O) groups is 8. The molecule has 5 aliphatic rings. The van der Waals surface area contributed by atoms with Crippen LogP contribution in [0.4, 0.5) is 14.4 Å². The number of nitrogens with zero attached hydrogens (tertiary/aromatic N) is 8. The maximum absolute atomic E-state index is 12.5. The first-order chi connectivity index (χ1) is 58.9. The standard InChI is InChI=1S/C17H25BrN2O2.C14H9BrN2O2.C12H17BrN2.C10H18O5.C8H5NO2.C6H7BrN2.2C6H6BrNO.C6H10O.C3H7.CH4O.5CH4.B.2HI.Na.V.H/c1-17(2,3)22-16(21)20(11-13-6-4-5-7-13)12-14-8-15(18)10-19-9-14;15-10-5-9(6-16-7-10)8-17-13(18)11-3-1-2-4-12(11)14(17)19;13-12-5-11(8-15-9-12)7-14-6-10-3-1-2-4-10;1-9(2,3)14-7(11)13-8(12)15-10(4,5)6;10-7-5-3-1-2-4-6(5)8(11)9-7;7-6-1-5(2-8)3-9-4-6;1-9-6-2-5(7)3-8-4-6;7-6-1-5(4-9)2-8-3-6;7-5-6-3-1-2-4-6;1-3-2;1-2;;;;;;;;;;;/h8-10,13H,4-7,11-12H2,1-3H3;1-7H,8H2;5,8-10,14H,1-4,6-7H2;1-6H3;1-4H,(H,9,10,11);1,3-4H,2,8H2;2-4H,1H3;1-3,9H,4H2;5-6H,1-4H2;1,3H2,2H3;2H,1H3;5*1H4;;2*1H;;;/q;;;;;;;;;-1;;;;;;;;;;+1;+2;-1/p-2. The van der Waals surface area contributed by atoms with Gasteiger partial charge in [-0.2, -0.15) is 6.42 Å². The smallest absolute Gasteiger partial charge is 1.00 e. The van der Waals surface area contributed by atoms with E-state index in [4.69, 9.17) is 34.9 Å². The first-order valence-electron chi connectivity index (χ1n) is 39.6. The summed E-state index contributed by atoms with van der Waals surface area (Å²) in [5.74, 6) is 1.58. The van der Waals surface area contributed by atoms with Crippen LogP contribution in [-0.2, 0) is 66.0 Å². The van der Waals surface area contributed by atoms with Gasteiger partial charge in [-0.3, -0.25) is 59.3 Å². The van der Waals surface area contributed by atoms with Crippen LogP contribution < -0.4 is 50.7 Å². The number of aliphatic hydroxyl groups is 2. The summed E-state index contributed by atoms with van der Waals surface area (Å²) in [6, 6.07) is 25.2. The number of nitrogens with one attached hydrogen (secondary N) is 2. The molecule has 8 heterocycles. The number of fused-ring (bicyclic) bond motifs is 2. The van der Waals surface area contributed by atoms with Gasteiger partial charge in [-0.1, -0.05) is 107 Å². The van der Waals surface area contributed by atoms with Gasteiger partial charge in [0, 0.05) is 136 Å². The van der Waals surface area contributed by atoms with Crippen molar-refractivity contribution in [3.8, 4) is 5.75 Å². The summed E-state index contributed by atoms with van der Waals surface area (Å²) in [5.41, 5.74) is 10.3. The van der Waals surface area contributed by atoms with Crippen molar-refractivity contribution >= 4 is 192 Å². The molecule has 6 N–H and O–H groups in total. The van der Waals surface area contributed by atoms with Gasteiger partial charge < -0.3 is 63.0 Å². The molecule has 0 saturated heterocycles. The molecule has 5 amide bonds. The first-order valence-corrected chi connectivity index (χ1v) is 53.4. The number of carbonyl (C=O) groups excluding carboxylic acids is 8. The molecule has 0 unspecified atom stereocenters. The van der Waals surface area contributed by atoms with E-state index in [0.717, 1.165) is 113 Å². The zero-order valence-corrected chi connectivity index (χ0v) is 90.8. The third-order valence-corrected chi connectivity index (χ3v) is 19.4. The number of amides is 5. The summed E-state index contributed by atoms with van der Waals surface area (Å²) in [7, 11) is 3.24. The summed E-state index contributed by atoms with van der Waals surface area (Å²) in [6.45, 7) is 25.5. The van der Waals surface area contributed by atoms with Crippen molar-refractivity contribution in [2.75, 3.05) is 27.3 Å². The molecule has 37 heteroatoms. The minimum atomic E-state index is -1.06. The van der Waals surface area contributed by atoms with E-state index >= 15 is 0 Å². The van der Waals surface area contributed by atoms with Crippen molar-refractivity contribution in [1.82, 2.24) is 50.3 Å². The number of methoxy groups -OCH3 is 1. The van der Waals surface area contributed by atoms with Crippen molar-refractivity contribution in [3.05, 3.63) is 243 Å². The third kappa shape index (κ3) is 61.7. The predicted octanol–water partition coefficient (Wildman–Crippen LogP) is 22.4. The number of ether oxygens (including phenoxy) is 5. The molecule has 3 fully saturated rings. The molecule has 0 bridgehead atoms. The van der Waals surface area contributed by atoms with Gasteiger partial charge in [-0.15, -0.1) is 0 Å². The zero-order chi connectivity index (χ0) is 92.8. The van der Waals surface area contributed by atoms with Gasteiger partial charge in [0.05, 0.1) is 55.3 Å². The van der Waals surface area contributed by atoms with Gasteiger partial charge in [0.15, 0.2) is 0 Å². The number of aliphatic hydroxyl groups excluding tert-OH is 2. The Bertz CT molecular complexity index is 4340. The monoisotopic (exact) mass is 2470 g/mol. The number of hydrogen-bond donors (Lipinski definition) is 5. The number of aromatic nitrogens is 6. The van der Waals surface area contributed by atoms with E-state index < -0.39 is 29.1 Å². The Morgan fingerprint density at radius 2 is 0.893 bits per heavy atom. The largest absolute Gasteiger partial charge is 1.00 e. The second-order valence-corrected chi connectivity index (χ2v) is 47.9. The SMILES string of the molecule is Brc1cncc(CNCC2CCCC2)c1.C.C.C.C.C.CC(C)(C)OC(=O)N(Cc1cncc(Br)c1)CC1CCCC1.CC(C)(C)OC(=O)OC(=O)OC(C)(C)C.CO.COc1cncc(Br)c1.NCc1cncc(Br)c1.O=C1NC(=O)c2ccccc21.O=C1c2ccccc2C(=O)N1Cc1cncc(Br)c1.O=CC1CCCC1.OCc1cncc(Br)c1.[B].[CH2-]CC.[H-].[I][V][I].[Na+]. The van der Waals surface area contributed by atoms with Crippen LogP contribution in [-0.4, -0.2) is 151 Å². The number of imide groups is 2. The molecule has 0 atom stereocenters. The number of rotatable bonds is 14. The fourth-order valence-electron chi connectivity index (χ4n) is 11.5. The van der Waals surface area contributed by atoms with Gasteiger partial charge in [-0.05, 0) is 303 Å². The molecular weight excluding hydrogens is 2340 g/mol. The van der Waals surface area contributed by atoms with E-state index in [1.807, 2.05) is 75.3 Å².